The van der Waals surface area contributed by atoms with Gasteiger partial charge in [-0.2, -0.15) is 0 Å². The molecule has 1 unspecified atom stereocenters. The van der Waals surface area contributed by atoms with E-state index >= 15 is 0 Å². The first-order valence-electron chi connectivity index (χ1n) is 2.72. The van der Waals surface area contributed by atoms with E-state index < -0.39 is 12.1 Å². The van der Waals surface area contributed by atoms with Crippen molar-refractivity contribution in [1.29, 1.82) is 0 Å². The number of hydrogen-bond acceptors (Lipinski definition) is 4. The fourth-order valence-corrected chi connectivity index (χ4v) is 0.402. The van der Waals surface area contributed by atoms with E-state index in [0.29, 0.717) is 0 Å². The van der Waals surface area contributed by atoms with Crippen molar-refractivity contribution in [3.8, 4) is 0 Å². The largest absolute Gasteiger partial charge is 0.385 e. The van der Waals surface area contributed by atoms with Crippen LogP contribution in [0, 0.1) is 0 Å². The molecule has 56 valence electrons. The van der Waals surface area contributed by atoms with Gasteiger partial charge in [-0.15, -0.1) is 0 Å². The van der Waals surface area contributed by atoms with Crippen LogP contribution in [0.15, 0.2) is 0 Å². The third kappa shape index (κ3) is 2.28. The molecular weight excluding hydrogens is 124 g/mol. The predicted octanol–water partition coefficient (Wildman–Crippen LogP) is -0.958. The zero-order valence-electron chi connectivity index (χ0n) is 5.53. The van der Waals surface area contributed by atoms with Crippen molar-refractivity contribution in [1.82, 2.24) is 0 Å². The van der Waals surface area contributed by atoms with Crippen molar-refractivity contribution in [2.75, 3.05) is 7.11 Å². The van der Waals surface area contributed by atoms with Gasteiger partial charge in [0.25, 0.3) is 0 Å². The smallest absolute Gasteiger partial charge is 0.305 e. The fourth-order valence-electron chi connectivity index (χ4n) is 0.402. The second-order valence-corrected chi connectivity index (χ2v) is 1.79. The minimum atomic E-state index is -2.39. The van der Waals surface area contributed by atoms with Crippen LogP contribution >= 0.6 is 0 Å². The van der Waals surface area contributed by atoms with E-state index in [1.54, 1.807) is 6.92 Å². The van der Waals surface area contributed by atoms with Gasteiger partial charge in [0, 0.05) is 7.11 Å². The normalized spacial score (nSPS) is 15.7. The Hall–Kier alpha value is -0.160. The highest BCUT2D eigenvalue weighted by molar-refractivity contribution is 4.61. The Bertz CT molecular complexity index is 81.0. The molecule has 0 saturated heterocycles. The standard InChI is InChI=1S/C5H12O4/c1-3-4(6)5(7,8)9-2/h4,6-8H,3H2,1-2H3. The molecule has 0 aromatic heterocycles. The van der Waals surface area contributed by atoms with E-state index in [0.717, 1.165) is 7.11 Å². The summed E-state index contributed by atoms with van der Waals surface area (Å²) in [5.41, 5.74) is 0. The SMILES string of the molecule is CCC(O)C(O)(O)OC. The zero-order chi connectivity index (χ0) is 7.49. The lowest BCUT2D eigenvalue weighted by molar-refractivity contribution is -0.366. The monoisotopic (exact) mass is 136 g/mol. The first kappa shape index (κ1) is 8.84. The van der Waals surface area contributed by atoms with Crippen LogP contribution in [-0.4, -0.2) is 34.5 Å². The molecule has 3 N–H and O–H groups in total. The summed E-state index contributed by atoms with van der Waals surface area (Å²) in [5, 5.41) is 26.1. The van der Waals surface area contributed by atoms with E-state index in [4.69, 9.17) is 15.3 Å². The fraction of sp³-hybridized carbons (Fsp3) is 1.00. The lowest BCUT2D eigenvalue weighted by atomic mass is 10.2. The third-order valence-electron chi connectivity index (χ3n) is 1.12. The molecule has 0 radical (unpaired) electrons. The van der Waals surface area contributed by atoms with E-state index in [1.807, 2.05) is 0 Å². The van der Waals surface area contributed by atoms with Gasteiger partial charge in [0.2, 0.25) is 0 Å². The molecule has 0 rings (SSSR count). The molecule has 4 heteroatoms. The second kappa shape index (κ2) is 3.12. The first-order chi connectivity index (χ1) is 4.04. The summed E-state index contributed by atoms with van der Waals surface area (Å²) in [5.74, 6) is -2.39. The average Bonchev–Trinajstić information content (AvgIpc) is 1.86. The molecule has 0 aliphatic heterocycles. The Balaban J connectivity index is 3.80. The van der Waals surface area contributed by atoms with Crippen LogP contribution in [-0.2, 0) is 4.74 Å². The molecule has 9 heavy (non-hydrogen) atoms. The van der Waals surface area contributed by atoms with Crippen LogP contribution in [0.3, 0.4) is 0 Å². The topological polar surface area (TPSA) is 69.9 Å². The molecule has 0 aliphatic rings. The summed E-state index contributed by atoms with van der Waals surface area (Å²) >= 11 is 0. The number of methoxy groups -OCH3 is 1. The van der Waals surface area contributed by atoms with Crippen molar-refractivity contribution in [3.05, 3.63) is 0 Å². The van der Waals surface area contributed by atoms with Gasteiger partial charge in [-0.05, 0) is 6.42 Å². The van der Waals surface area contributed by atoms with Crippen molar-refractivity contribution in [2.45, 2.75) is 25.4 Å². The molecule has 4 nitrogen and oxygen atoms in total. The molecule has 0 aromatic rings. The summed E-state index contributed by atoms with van der Waals surface area (Å²) in [4.78, 5) is 0. The van der Waals surface area contributed by atoms with Gasteiger partial charge in [-0.25, -0.2) is 0 Å². The molecule has 0 spiro atoms. The molecular formula is C5H12O4. The van der Waals surface area contributed by atoms with Gasteiger partial charge < -0.3 is 20.1 Å². The minimum Gasteiger partial charge on any atom is -0.385 e. The van der Waals surface area contributed by atoms with E-state index in [-0.39, 0.29) is 6.42 Å². The Labute approximate surface area is 53.7 Å². The van der Waals surface area contributed by atoms with E-state index in [2.05, 4.69) is 4.74 Å². The Morgan fingerprint density at radius 2 is 2.00 bits per heavy atom. The summed E-state index contributed by atoms with van der Waals surface area (Å²) in [6.45, 7) is 1.62. The molecule has 0 fully saturated rings. The maximum Gasteiger partial charge on any atom is 0.305 e. The predicted molar refractivity (Wildman–Crippen MR) is 30.5 cm³/mol. The lowest BCUT2D eigenvalue weighted by Gasteiger charge is -2.23. The van der Waals surface area contributed by atoms with Gasteiger partial charge in [0.05, 0.1) is 0 Å². The Morgan fingerprint density at radius 3 is 2.11 bits per heavy atom. The van der Waals surface area contributed by atoms with Gasteiger partial charge in [-0.3, -0.25) is 0 Å². The molecule has 1 atom stereocenters. The average molecular weight is 136 g/mol. The summed E-state index contributed by atoms with van der Waals surface area (Å²) in [7, 11) is 1.11. The summed E-state index contributed by atoms with van der Waals surface area (Å²) < 4.78 is 4.15. The highest BCUT2D eigenvalue weighted by Crippen LogP contribution is 2.09. The maximum atomic E-state index is 8.76. The number of aliphatic hydroxyl groups excluding tert-OH is 1. The van der Waals surface area contributed by atoms with Crippen molar-refractivity contribution in [3.63, 3.8) is 0 Å². The molecule has 0 aliphatic carbocycles. The highest BCUT2D eigenvalue weighted by atomic mass is 16.8. The number of aliphatic hydroxyl groups is 3. The molecule has 0 saturated carbocycles. The number of rotatable bonds is 3. The molecule has 0 heterocycles. The maximum absolute atomic E-state index is 8.76. The quantitative estimate of drug-likeness (QED) is 0.437. The van der Waals surface area contributed by atoms with Crippen LogP contribution in [0.5, 0.6) is 0 Å². The van der Waals surface area contributed by atoms with Crippen molar-refractivity contribution >= 4 is 0 Å². The first-order valence-corrected chi connectivity index (χ1v) is 2.72. The van der Waals surface area contributed by atoms with Crippen molar-refractivity contribution in [2.24, 2.45) is 0 Å². The van der Waals surface area contributed by atoms with Gasteiger partial charge in [0.15, 0.2) is 0 Å². The van der Waals surface area contributed by atoms with Gasteiger partial charge in [-0.1, -0.05) is 6.92 Å². The molecule has 0 aromatic carbocycles. The van der Waals surface area contributed by atoms with Gasteiger partial charge >= 0.3 is 5.97 Å². The molecule has 0 amide bonds. The number of hydrogen-bond donors (Lipinski definition) is 3. The van der Waals surface area contributed by atoms with Crippen LogP contribution in [0.1, 0.15) is 13.3 Å². The van der Waals surface area contributed by atoms with Crippen molar-refractivity contribution < 1.29 is 20.1 Å². The van der Waals surface area contributed by atoms with Crippen LogP contribution < -0.4 is 0 Å². The van der Waals surface area contributed by atoms with E-state index in [9.17, 15) is 0 Å². The van der Waals surface area contributed by atoms with Crippen LogP contribution in [0.25, 0.3) is 0 Å². The Morgan fingerprint density at radius 1 is 1.56 bits per heavy atom. The van der Waals surface area contributed by atoms with Crippen LogP contribution in [0.4, 0.5) is 0 Å². The Kier molecular flexibility index (Phi) is 3.07. The van der Waals surface area contributed by atoms with E-state index in [1.165, 1.54) is 0 Å². The number of ether oxygens (including phenoxy) is 1. The lowest BCUT2D eigenvalue weighted by Crippen LogP contribution is -2.43. The second-order valence-electron chi connectivity index (χ2n) is 1.79. The third-order valence-corrected chi connectivity index (χ3v) is 1.12. The summed E-state index contributed by atoms with van der Waals surface area (Å²) in [6.07, 6.45) is -1.01. The zero-order valence-corrected chi connectivity index (χ0v) is 5.53. The minimum absolute atomic E-state index is 0.237. The molecule has 0 bridgehead atoms. The highest BCUT2D eigenvalue weighted by Gasteiger charge is 2.31. The van der Waals surface area contributed by atoms with Gasteiger partial charge in [0.1, 0.15) is 6.10 Å². The van der Waals surface area contributed by atoms with Crippen LogP contribution in [0.2, 0.25) is 0 Å². The summed E-state index contributed by atoms with van der Waals surface area (Å²) in [6, 6.07) is 0.